The van der Waals surface area contributed by atoms with Crippen LogP contribution in [0.15, 0.2) is 66.7 Å². The van der Waals surface area contributed by atoms with Crippen molar-refractivity contribution in [1.82, 2.24) is 14.9 Å². The number of pyridine rings is 2. The Morgan fingerprint density at radius 3 is 1.98 bits per heavy atom. The van der Waals surface area contributed by atoms with E-state index in [2.05, 4.69) is 139 Å². The molecule has 1 aliphatic rings. The first-order valence-corrected chi connectivity index (χ1v) is 16.2. The van der Waals surface area contributed by atoms with Crippen molar-refractivity contribution >= 4 is 16.6 Å². The molecule has 5 rings (SSSR count). The highest BCUT2D eigenvalue weighted by molar-refractivity contribution is 5.91. The Kier molecular flexibility index (Phi) is 9.00. The van der Waals surface area contributed by atoms with E-state index in [-0.39, 0.29) is 10.8 Å². The number of fused-ring (bicyclic) bond motifs is 1. The number of rotatable bonds is 7. The van der Waals surface area contributed by atoms with Crippen molar-refractivity contribution in [2.45, 2.75) is 117 Å². The van der Waals surface area contributed by atoms with E-state index < -0.39 is 0 Å². The molecule has 0 amide bonds. The van der Waals surface area contributed by atoms with Crippen LogP contribution in [0.3, 0.4) is 0 Å². The lowest BCUT2D eigenvalue weighted by molar-refractivity contribution is 0.118. The van der Waals surface area contributed by atoms with E-state index in [0.29, 0.717) is 12.1 Å². The summed E-state index contributed by atoms with van der Waals surface area (Å²) in [5.74, 6) is 0. The van der Waals surface area contributed by atoms with Gasteiger partial charge in [-0.15, -0.1) is 0 Å². The molecular formula is C39H52N4. The zero-order valence-electron chi connectivity index (χ0n) is 28.0. The number of hydrogen-bond acceptors (Lipinski definition) is 4. The third-order valence-electron chi connectivity index (χ3n) is 9.30. The van der Waals surface area contributed by atoms with Gasteiger partial charge in [-0.1, -0.05) is 96.8 Å². The van der Waals surface area contributed by atoms with Crippen LogP contribution in [0.25, 0.3) is 10.9 Å². The summed E-state index contributed by atoms with van der Waals surface area (Å²) < 4.78 is 0. The average molecular weight is 577 g/mol. The summed E-state index contributed by atoms with van der Waals surface area (Å²) in [5.41, 5.74) is 10.0. The standard InChI is InChI=1S/C39H52N4/c1-27-14-12-16-33(40-27)26-43(25-29-22-31(38(3,4)5)24-32(23-29)39(6,7)8)35-18-11-10-17-34(35)42(9)36-19-13-15-30-21-20-28(2)41-37(30)36/h12-16,19-24,34-35H,10-11,17-18,25-26H2,1-9H3. The molecule has 0 aliphatic heterocycles. The Labute approximate surface area is 260 Å². The van der Waals surface area contributed by atoms with Crippen LogP contribution in [0.2, 0.25) is 0 Å². The predicted molar refractivity (Wildman–Crippen MR) is 183 cm³/mol. The summed E-state index contributed by atoms with van der Waals surface area (Å²) in [4.78, 5) is 15.3. The van der Waals surface area contributed by atoms with Crippen LogP contribution in [0.1, 0.15) is 101 Å². The first-order chi connectivity index (χ1) is 20.3. The SMILES string of the molecule is Cc1cccc(CN(Cc2cc(C(C)(C)C)cc(C(C)(C)C)c2)C2CCCCC2N(C)c2cccc3ccc(C)nc23)n1. The molecular weight excluding hydrogens is 524 g/mol. The average Bonchev–Trinajstić information content (AvgIpc) is 2.95. The van der Waals surface area contributed by atoms with Crippen LogP contribution in [0, 0.1) is 13.8 Å². The molecule has 1 aliphatic carbocycles. The fourth-order valence-corrected chi connectivity index (χ4v) is 6.73. The van der Waals surface area contributed by atoms with Crippen LogP contribution in [-0.4, -0.2) is 34.0 Å². The quantitative estimate of drug-likeness (QED) is 0.219. The van der Waals surface area contributed by atoms with E-state index in [0.717, 1.165) is 35.7 Å². The molecule has 0 spiro atoms. The van der Waals surface area contributed by atoms with Crippen molar-refractivity contribution < 1.29 is 0 Å². The van der Waals surface area contributed by atoms with E-state index >= 15 is 0 Å². The van der Waals surface area contributed by atoms with Crippen LogP contribution >= 0.6 is 0 Å². The monoisotopic (exact) mass is 576 g/mol. The zero-order valence-corrected chi connectivity index (χ0v) is 28.0. The van der Waals surface area contributed by atoms with Gasteiger partial charge in [-0.05, 0) is 78.5 Å². The van der Waals surface area contributed by atoms with E-state index in [4.69, 9.17) is 9.97 Å². The molecule has 43 heavy (non-hydrogen) atoms. The van der Waals surface area contributed by atoms with Crippen molar-refractivity contribution in [2.24, 2.45) is 0 Å². The van der Waals surface area contributed by atoms with Crippen molar-refractivity contribution in [3.63, 3.8) is 0 Å². The first kappa shape index (κ1) is 31.2. The highest BCUT2D eigenvalue weighted by Gasteiger charge is 2.34. The molecule has 0 bridgehead atoms. The number of benzene rings is 2. The molecule has 4 aromatic rings. The minimum absolute atomic E-state index is 0.0893. The normalized spacial score (nSPS) is 17.9. The van der Waals surface area contributed by atoms with Crippen molar-refractivity contribution in [3.8, 4) is 0 Å². The van der Waals surface area contributed by atoms with Gasteiger partial charge >= 0.3 is 0 Å². The molecule has 1 fully saturated rings. The molecule has 0 N–H and O–H groups in total. The maximum Gasteiger partial charge on any atom is 0.0938 e. The van der Waals surface area contributed by atoms with Gasteiger partial charge in [0.05, 0.1) is 16.9 Å². The number of para-hydroxylation sites is 1. The number of aryl methyl sites for hydroxylation is 2. The largest absolute Gasteiger partial charge is 0.368 e. The van der Waals surface area contributed by atoms with E-state index in [1.54, 1.807) is 0 Å². The lowest BCUT2D eigenvalue weighted by atomic mass is 9.79. The van der Waals surface area contributed by atoms with Crippen LogP contribution in [-0.2, 0) is 23.9 Å². The lowest BCUT2D eigenvalue weighted by Gasteiger charge is -2.45. The van der Waals surface area contributed by atoms with E-state index in [1.165, 1.54) is 53.4 Å². The maximum absolute atomic E-state index is 5.01. The van der Waals surface area contributed by atoms with Gasteiger partial charge in [0.15, 0.2) is 0 Å². The molecule has 2 atom stereocenters. The molecule has 2 heterocycles. The van der Waals surface area contributed by atoms with Crippen molar-refractivity contribution in [2.75, 3.05) is 11.9 Å². The van der Waals surface area contributed by atoms with Gasteiger partial charge in [0.25, 0.3) is 0 Å². The van der Waals surface area contributed by atoms with Gasteiger partial charge in [0.2, 0.25) is 0 Å². The Bertz CT molecular complexity index is 1530. The summed E-state index contributed by atoms with van der Waals surface area (Å²) in [6.45, 7) is 19.9. The Morgan fingerprint density at radius 2 is 1.33 bits per heavy atom. The Hall–Kier alpha value is -3.24. The summed E-state index contributed by atoms with van der Waals surface area (Å²) in [6.07, 6.45) is 4.88. The smallest absolute Gasteiger partial charge is 0.0938 e. The number of anilines is 1. The molecule has 0 radical (unpaired) electrons. The van der Waals surface area contributed by atoms with Gasteiger partial charge in [-0.25, -0.2) is 0 Å². The summed E-state index contributed by atoms with van der Waals surface area (Å²) in [6, 6.07) is 25.6. The summed E-state index contributed by atoms with van der Waals surface area (Å²) in [7, 11) is 2.29. The van der Waals surface area contributed by atoms with Gasteiger partial charge in [0.1, 0.15) is 0 Å². The number of aromatic nitrogens is 2. The molecule has 2 aromatic carbocycles. The predicted octanol–water partition coefficient (Wildman–Crippen LogP) is 9.29. The second kappa shape index (κ2) is 12.4. The molecule has 1 saturated carbocycles. The zero-order chi connectivity index (χ0) is 30.9. The minimum Gasteiger partial charge on any atom is -0.368 e. The van der Waals surface area contributed by atoms with E-state index in [9.17, 15) is 0 Å². The fourth-order valence-electron chi connectivity index (χ4n) is 6.73. The van der Waals surface area contributed by atoms with Gasteiger partial charge in [0, 0.05) is 49.0 Å². The number of nitrogens with zero attached hydrogens (tertiary/aromatic N) is 4. The van der Waals surface area contributed by atoms with Gasteiger partial charge < -0.3 is 4.90 Å². The van der Waals surface area contributed by atoms with Gasteiger partial charge in [-0.3, -0.25) is 14.9 Å². The minimum atomic E-state index is 0.0893. The van der Waals surface area contributed by atoms with Gasteiger partial charge in [-0.2, -0.15) is 0 Å². The molecule has 228 valence electrons. The van der Waals surface area contributed by atoms with Crippen LogP contribution in [0.4, 0.5) is 5.69 Å². The third kappa shape index (κ3) is 7.29. The molecule has 4 heteroatoms. The van der Waals surface area contributed by atoms with E-state index in [1.807, 2.05) is 0 Å². The fraction of sp³-hybridized carbons (Fsp3) is 0.487. The third-order valence-corrected chi connectivity index (χ3v) is 9.30. The summed E-state index contributed by atoms with van der Waals surface area (Å²) in [5, 5.41) is 1.21. The molecule has 0 saturated heterocycles. The lowest BCUT2D eigenvalue weighted by Crippen LogP contribution is -2.52. The second-order valence-corrected chi connectivity index (χ2v) is 14.9. The van der Waals surface area contributed by atoms with Crippen LogP contribution < -0.4 is 4.90 Å². The Morgan fingerprint density at radius 1 is 0.698 bits per heavy atom. The highest BCUT2D eigenvalue weighted by Crippen LogP contribution is 2.36. The molecule has 2 aromatic heterocycles. The maximum atomic E-state index is 5.01. The van der Waals surface area contributed by atoms with Crippen molar-refractivity contribution in [3.05, 3.63) is 101 Å². The second-order valence-electron chi connectivity index (χ2n) is 14.9. The Balaban J connectivity index is 1.57. The summed E-state index contributed by atoms with van der Waals surface area (Å²) >= 11 is 0. The molecule has 4 nitrogen and oxygen atoms in total. The highest BCUT2D eigenvalue weighted by atomic mass is 15.2. The number of likely N-dealkylation sites (N-methyl/N-ethyl adjacent to an activating group) is 1. The number of hydrogen-bond donors (Lipinski definition) is 0. The topological polar surface area (TPSA) is 32.3 Å². The van der Waals surface area contributed by atoms with Crippen LogP contribution in [0.5, 0.6) is 0 Å². The van der Waals surface area contributed by atoms with Crippen molar-refractivity contribution in [1.29, 1.82) is 0 Å². The first-order valence-electron chi connectivity index (χ1n) is 16.2. The molecule has 2 unspecified atom stereocenters.